The molecule has 0 amide bonds. The first-order chi connectivity index (χ1) is 25.8. The molecule has 8 rings (SSSR count). The Morgan fingerprint density at radius 2 is 0.232 bits per heavy atom. The number of quaternary nitrogens is 4. The summed E-state index contributed by atoms with van der Waals surface area (Å²) in [5.74, 6) is 0. The molecule has 8 N–H and O–H groups in total. The summed E-state index contributed by atoms with van der Waals surface area (Å²) < 4.78 is 0. The highest BCUT2D eigenvalue weighted by atomic mass is 79.9. The molecule has 0 heterocycles. The third-order valence-corrected chi connectivity index (χ3v) is 7.73. The summed E-state index contributed by atoms with van der Waals surface area (Å²) >= 11 is 0. The van der Waals surface area contributed by atoms with Crippen LogP contribution in [0.15, 0.2) is 243 Å². The molecule has 0 radical (unpaired) electrons. The second-order valence-electron chi connectivity index (χ2n) is 11.9. The van der Waals surface area contributed by atoms with Gasteiger partial charge in [-0.25, -0.2) is 0 Å². The van der Waals surface area contributed by atoms with E-state index >= 15 is 0 Å². The Bertz CT molecular complexity index is 1590. The lowest BCUT2D eigenvalue weighted by Gasteiger charge is -1.98. The topological polar surface area (TPSA) is 66.4 Å². The first kappa shape index (κ1) is 49.5. The molecule has 8 aromatic rings. The number of nitrogens with two attached hydrogens (primary N) is 4. The zero-order valence-electron chi connectivity index (χ0n) is 30.9. The summed E-state index contributed by atoms with van der Waals surface area (Å²) in [6.07, 6.45) is 0. The first-order valence-corrected chi connectivity index (χ1v) is 17.6. The van der Waals surface area contributed by atoms with E-state index in [0.29, 0.717) is 0 Å². The second kappa shape index (κ2) is 30.7. The number of halogens is 4. The summed E-state index contributed by atoms with van der Waals surface area (Å²) in [7, 11) is 0. The zero-order chi connectivity index (χ0) is 35.7. The van der Waals surface area contributed by atoms with Crippen molar-refractivity contribution in [2.45, 2.75) is 0 Å². The molecule has 0 aliphatic carbocycles. The van der Waals surface area contributed by atoms with Gasteiger partial charge in [0.05, 0.1) is 0 Å². The second-order valence-corrected chi connectivity index (χ2v) is 11.9. The summed E-state index contributed by atoms with van der Waals surface area (Å²) in [4.78, 5) is 0. The van der Waals surface area contributed by atoms with Crippen LogP contribution in [0.5, 0.6) is 0 Å². The molecule has 0 aliphatic rings. The van der Waals surface area contributed by atoms with Crippen LogP contribution in [-0.4, -0.2) is 0 Å². The minimum absolute atomic E-state index is 0. The highest BCUT2D eigenvalue weighted by Gasteiger charge is 1.99. The zero-order valence-corrected chi connectivity index (χ0v) is 37.3. The first-order valence-electron chi connectivity index (χ1n) is 17.6. The molecule has 0 bridgehead atoms. The van der Waals surface area contributed by atoms with Crippen LogP contribution in [0.3, 0.4) is 0 Å². The lowest BCUT2D eigenvalue weighted by molar-refractivity contribution is -0.479. The van der Waals surface area contributed by atoms with Crippen molar-refractivity contribution in [1.29, 1.82) is 0 Å². The van der Waals surface area contributed by atoms with E-state index < -0.39 is 0 Å². The van der Waals surface area contributed by atoms with Crippen molar-refractivity contribution in [2.24, 2.45) is 0 Å². The Balaban J connectivity index is 0.000000365. The molecule has 0 aliphatic heterocycles. The maximum Gasteiger partial charge on any atom is 0.134 e. The molecular weight excluding hydrogens is 952 g/mol. The van der Waals surface area contributed by atoms with E-state index in [9.17, 15) is 0 Å². The van der Waals surface area contributed by atoms with Gasteiger partial charge in [-0.05, 0) is 97.1 Å². The van der Waals surface area contributed by atoms with E-state index in [2.05, 4.69) is 215 Å². The fourth-order valence-corrected chi connectivity index (χ4v) is 5.16. The van der Waals surface area contributed by atoms with Crippen LogP contribution in [-0.2, 0) is 0 Å². The molecular formula is C48H48Br4N4. The van der Waals surface area contributed by atoms with Crippen molar-refractivity contribution in [1.82, 2.24) is 0 Å². The normalized spacial score (nSPS) is 9.14. The van der Waals surface area contributed by atoms with Crippen LogP contribution in [0, 0.1) is 0 Å². The van der Waals surface area contributed by atoms with Gasteiger partial charge in [0, 0.05) is 0 Å². The Kier molecular flexibility index (Phi) is 27.2. The Morgan fingerprint density at radius 3 is 0.321 bits per heavy atom. The van der Waals surface area contributed by atoms with E-state index in [4.69, 9.17) is 0 Å². The molecule has 8 aromatic carbocycles. The van der Waals surface area contributed by atoms with E-state index in [-0.39, 0.29) is 67.9 Å². The van der Waals surface area contributed by atoms with E-state index in [1.165, 1.54) is 45.5 Å². The number of hydrogen-bond acceptors (Lipinski definition) is 0. The van der Waals surface area contributed by atoms with Crippen molar-refractivity contribution in [2.75, 3.05) is 0 Å². The van der Waals surface area contributed by atoms with Crippen LogP contribution in [0.1, 0.15) is 0 Å². The predicted molar refractivity (Wildman–Crippen MR) is 217 cm³/mol. The summed E-state index contributed by atoms with van der Waals surface area (Å²) in [5.41, 5.74) is 9.95. The lowest BCUT2D eigenvalue weighted by atomic mass is 10.3. The van der Waals surface area contributed by atoms with Crippen molar-refractivity contribution in [3.63, 3.8) is 0 Å². The molecule has 0 unspecified atom stereocenters. The highest BCUT2D eigenvalue weighted by molar-refractivity contribution is 5.38. The smallest absolute Gasteiger partial charge is 0.134 e. The average molecular weight is 1000 g/mol. The van der Waals surface area contributed by atoms with Gasteiger partial charge in [-0.1, -0.05) is 146 Å². The molecule has 8 heteroatoms. The third-order valence-electron chi connectivity index (χ3n) is 7.73. The van der Waals surface area contributed by atoms with Gasteiger partial charge in [0.15, 0.2) is 0 Å². The van der Waals surface area contributed by atoms with Gasteiger partial charge >= 0.3 is 0 Å². The lowest BCUT2D eigenvalue weighted by Crippen LogP contribution is -3.00. The van der Waals surface area contributed by atoms with Crippen LogP contribution in [0.4, 0.5) is 45.5 Å². The minimum atomic E-state index is 0. The van der Waals surface area contributed by atoms with Crippen molar-refractivity contribution >= 4 is 45.5 Å². The Labute approximate surface area is 374 Å². The molecule has 0 aromatic heterocycles. The molecule has 4 nitrogen and oxygen atoms in total. The molecule has 0 saturated heterocycles. The van der Waals surface area contributed by atoms with Gasteiger partial charge in [0.25, 0.3) is 0 Å². The largest absolute Gasteiger partial charge is 1.00 e. The number of rotatable bonds is 8. The quantitative estimate of drug-likeness (QED) is 0.117. The van der Waals surface area contributed by atoms with Crippen molar-refractivity contribution in [3.8, 4) is 0 Å². The fraction of sp³-hybridized carbons (Fsp3) is 0. The van der Waals surface area contributed by atoms with Gasteiger partial charge in [-0.15, -0.1) is 0 Å². The average Bonchev–Trinajstić information content (AvgIpc) is 3.22. The Hall–Kier alpha value is -4.48. The van der Waals surface area contributed by atoms with Gasteiger partial charge in [-0.3, -0.25) is 21.3 Å². The van der Waals surface area contributed by atoms with Gasteiger partial charge < -0.3 is 67.9 Å². The SMILES string of the molecule is [Br-].[Br-].[Br-].[Br-].c1ccc([NH2+]c2ccccc2)cc1.c1ccc([NH2+]c2ccccc2)cc1.c1ccc([NH2+]c2ccccc2)cc1.c1ccc([NH2+]c2ccccc2)cc1. The Morgan fingerprint density at radius 1 is 0.143 bits per heavy atom. The maximum atomic E-state index is 2.17. The summed E-state index contributed by atoms with van der Waals surface area (Å²) in [5, 5.41) is 8.67. The highest BCUT2D eigenvalue weighted by Crippen LogP contribution is 2.06. The minimum Gasteiger partial charge on any atom is -1.00 e. The number of hydrogen-bond donors (Lipinski definition) is 4. The van der Waals surface area contributed by atoms with Crippen LogP contribution >= 0.6 is 0 Å². The predicted octanol–water partition coefficient (Wildman–Crippen LogP) is -3.13. The molecule has 56 heavy (non-hydrogen) atoms. The molecule has 0 atom stereocenters. The monoisotopic (exact) mass is 996 g/mol. The van der Waals surface area contributed by atoms with Gasteiger partial charge in [-0.2, -0.15) is 0 Å². The third kappa shape index (κ3) is 20.4. The summed E-state index contributed by atoms with van der Waals surface area (Å²) in [6, 6.07) is 82.7. The van der Waals surface area contributed by atoms with E-state index in [1.54, 1.807) is 0 Å². The van der Waals surface area contributed by atoms with Crippen molar-refractivity contribution < 1.29 is 89.2 Å². The molecule has 0 spiro atoms. The molecule has 0 saturated carbocycles. The molecule has 0 fully saturated rings. The summed E-state index contributed by atoms with van der Waals surface area (Å²) in [6.45, 7) is 0. The maximum absolute atomic E-state index is 2.17. The van der Waals surface area contributed by atoms with Gasteiger partial charge in [0.2, 0.25) is 0 Å². The van der Waals surface area contributed by atoms with E-state index in [0.717, 1.165) is 0 Å². The fourth-order valence-electron chi connectivity index (χ4n) is 5.16. The number of para-hydroxylation sites is 8. The van der Waals surface area contributed by atoms with Crippen LogP contribution in [0.2, 0.25) is 0 Å². The van der Waals surface area contributed by atoms with E-state index in [1.807, 2.05) is 48.5 Å². The van der Waals surface area contributed by atoms with Crippen LogP contribution < -0.4 is 89.2 Å². The van der Waals surface area contributed by atoms with Crippen molar-refractivity contribution in [3.05, 3.63) is 243 Å². The number of benzene rings is 8. The van der Waals surface area contributed by atoms with Crippen LogP contribution in [0.25, 0.3) is 0 Å². The molecule has 288 valence electrons. The standard InChI is InChI=1S/4C12H11N.4BrH/c4*1-3-7-11(8-4-1)13-12-9-5-2-6-10-12;;;;/h4*1-10,13H;4*1H. The van der Waals surface area contributed by atoms with Gasteiger partial charge in [0.1, 0.15) is 45.5 Å².